The number of carbonyl (C=O) groups is 1. The average Bonchev–Trinajstić information content (AvgIpc) is 3.64. The number of aromatic amines is 1. The van der Waals surface area contributed by atoms with Crippen molar-refractivity contribution in [2.24, 2.45) is 0 Å². The Kier molecular flexibility index (Phi) is 9.31. The summed E-state index contributed by atoms with van der Waals surface area (Å²) in [4.78, 5) is 35.7. The summed E-state index contributed by atoms with van der Waals surface area (Å²) in [6.45, 7) is 7.75. The predicted octanol–water partition coefficient (Wildman–Crippen LogP) is 3.27. The van der Waals surface area contributed by atoms with Gasteiger partial charge in [0.05, 0.1) is 34.6 Å². The Labute approximate surface area is 263 Å². The van der Waals surface area contributed by atoms with E-state index in [-0.39, 0.29) is 22.1 Å². The number of benzene rings is 2. The van der Waals surface area contributed by atoms with E-state index >= 15 is 0 Å². The lowest BCUT2D eigenvalue weighted by molar-refractivity contribution is -0.127. The number of H-pyrrole nitrogens is 1. The van der Waals surface area contributed by atoms with Crippen LogP contribution in [0.2, 0.25) is 0 Å². The molecule has 2 aromatic heterocycles. The second kappa shape index (κ2) is 13.3. The molecule has 1 amide bonds. The molecule has 13 heteroatoms. The number of aliphatic hydroxyl groups is 1. The summed E-state index contributed by atoms with van der Waals surface area (Å²) in [6, 6.07) is 11.0. The van der Waals surface area contributed by atoms with E-state index in [1.165, 1.54) is 17.4 Å². The first kappa shape index (κ1) is 30.7. The fourth-order valence-corrected chi connectivity index (χ4v) is 7.39. The Bertz CT molecular complexity index is 1640. The molecule has 2 aliphatic heterocycles. The van der Waals surface area contributed by atoms with Gasteiger partial charge in [-0.15, -0.1) is 11.3 Å². The summed E-state index contributed by atoms with van der Waals surface area (Å²) in [5.41, 5.74) is 2.27. The maximum atomic E-state index is 12.9. The number of fused-ring (bicyclic) bond motifs is 1. The lowest BCUT2D eigenvalue weighted by atomic mass is 9.89. The van der Waals surface area contributed by atoms with Crippen LogP contribution in [-0.2, 0) is 11.3 Å². The van der Waals surface area contributed by atoms with E-state index in [4.69, 9.17) is 9.47 Å². The standard InChI is InChI=1S/C31H37N5O6S2/c1-20-33-24(18-43-20)29(39)36-13-15-42-31(19-36)8-10-35(11-9-31)12-14-41-22-4-2-21(3-5-22)16-32-17-26(38)23-6-7-25(37)27-28(23)44-30(40)34-27/h2-7,18,26,32,37-38H,8-17,19H2,1H3,(H,34,40)/t26-/m0/s1. The van der Waals surface area contributed by atoms with Crippen molar-refractivity contribution in [1.82, 2.24) is 25.1 Å². The van der Waals surface area contributed by atoms with Gasteiger partial charge in [-0.3, -0.25) is 14.5 Å². The molecule has 0 bridgehead atoms. The normalized spacial score (nSPS) is 17.7. The number of aromatic nitrogens is 2. The number of aliphatic hydroxyl groups excluding tert-OH is 1. The van der Waals surface area contributed by atoms with Crippen LogP contribution in [0.1, 0.15) is 45.6 Å². The highest BCUT2D eigenvalue weighted by atomic mass is 32.1. The van der Waals surface area contributed by atoms with Gasteiger partial charge < -0.3 is 34.9 Å². The highest BCUT2D eigenvalue weighted by molar-refractivity contribution is 7.16. The minimum Gasteiger partial charge on any atom is -0.506 e. The van der Waals surface area contributed by atoms with E-state index in [9.17, 15) is 19.8 Å². The Balaban J connectivity index is 0.910. The number of phenols is 1. The molecule has 1 atom stereocenters. The van der Waals surface area contributed by atoms with Gasteiger partial charge in [0.25, 0.3) is 5.91 Å². The third-order valence-electron chi connectivity index (χ3n) is 8.35. The molecule has 4 N–H and O–H groups in total. The molecule has 2 aliphatic rings. The number of morpholine rings is 1. The molecule has 2 fully saturated rings. The first-order valence-electron chi connectivity index (χ1n) is 14.8. The summed E-state index contributed by atoms with van der Waals surface area (Å²) >= 11 is 2.48. The largest absolute Gasteiger partial charge is 0.506 e. The monoisotopic (exact) mass is 639 g/mol. The average molecular weight is 640 g/mol. The van der Waals surface area contributed by atoms with Crippen LogP contribution in [-0.4, -0.2) is 94.0 Å². The maximum Gasteiger partial charge on any atom is 0.305 e. The molecule has 11 nitrogen and oxygen atoms in total. The summed E-state index contributed by atoms with van der Waals surface area (Å²) in [5.74, 6) is 0.796. The highest BCUT2D eigenvalue weighted by Gasteiger charge is 2.41. The number of hydrogen-bond acceptors (Lipinski definition) is 11. The molecule has 2 aromatic carbocycles. The van der Waals surface area contributed by atoms with Crippen molar-refractivity contribution in [2.75, 3.05) is 52.5 Å². The summed E-state index contributed by atoms with van der Waals surface area (Å²) < 4.78 is 12.8. The van der Waals surface area contributed by atoms with Crippen molar-refractivity contribution in [1.29, 1.82) is 0 Å². The zero-order valence-corrected chi connectivity index (χ0v) is 26.2. The number of nitrogens with zero attached hydrogens (tertiary/aromatic N) is 3. The second-order valence-corrected chi connectivity index (χ2v) is 13.4. The zero-order valence-electron chi connectivity index (χ0n) is 24.6. The van der Waals surface area contributed by atoms with Gasteiger partial charge in [0.2, 0.25) is 0 Å². The fraction of sp³-hybridized carbons (Fsp3) is 0.452. The van der Waals surface area contributed by atoms with Crippen molar-refractivity contribution in [2.45, 2.75) is 38.0 Å². The van der Waals surface area contributed by atoms with Gasteiger partial charge in [0.1, 0.15) is 29.3 Å². The quantitative estimate of drug-likeness (QED) is 0.206. The first-order valence-corrected chi connectivity index (χ1v) is 16.5. The molecular formula is C31H37N5O6S2. The number of likely N-dealkylation sites (tertiary alicyclic amines) is 1. The van der Waals surface area contributed by atoms with Crippen molar-refractivity contribution >= 4 is 38.8 Å². The van der Waals surface area contributed by atoms with Crippen LogP contribution in [0.5, 0.6) is 11.5 Å². The molecule has 44 heavy (non-hydrogen) atoms. The van der Waals surface area contributed by atoms with E-state index in [0.717, 1.165) is 60.1 Å². The molecular weight excluding hydrogens is 603 g/mol. The first-order chi connectivity index (χ1) is 21.3. The number of nitrogens with one attached hydrogen (secondary N) is 2. The number of rotatable bonds is 10. The summed E-state index contributed by atoms with van der Waals surface area (Å²) in [5, 5.41) is 26.7. The minimum absolute atomic E-state index is 0.000104. The Morgan fingerprint density at radius 3 is 2.75 bits per heavy atom. The molecule has 6 rings (SSSR count). The Morgan fingerprint density at radius 1 is 1.20 bits per heavy atom. The van der Waals surface area contributed by atoms with E-state index < -0.39 is 6.10 Å². The van der Waals surface area contributed by atoms with Gasteiger partial charge in [0.15, 0.2) is 0 Å². The van der Waals surface area contributed by atoms with E-state index in [1.54, 1.807) is 6.07 Å². The van der Waals surface area contributed by atoms with E-state index in [1.807, 2.05) is 41.5 Å². The number of hydrogen-bond donors (Lipinski definition) is 4. The molecule has 0 unspecified atom stereocenters. The van der Waals surface area contributed by atoms with Crippen LogP contribution in [0, 0.1) is 6.92 Å². The van der Waals surface area contributed by atoms with Gasteiger partial charge in [-0.2, -0.15) is 0 Å². The van der Waals surface area contributed by atoms with Gasteiger partial charge in [-0.25, -0.2) is 4.98 Å². The third kappa shape index (κ3) is 6.98. The number of phenolic OH excluding ortho intramolecular Hbond substituents is 1. The van der Waals surface area contributed by atoms with Crippen LogP contribution in [0.4, 0.5) is 0 Å². The van der Waals surface area contributed by atoms with Crippen molar-refractivity contribution in [3.05, 3.63) is 73.3 Å². The number of aryl methyl sites for hydroxylation is 1. The number of ether oxygens (including phenoxy) is 2. The van der Waals surface area contributed by atoms with E-state index in [0.29, 0.717) is 60.9 Å². The van der Waals surface area contributed by atoms with Gasteiger partial charge in [-0.1, -0.05) is 29.5 Å². The van der Waals surface area contributed by atoms with Gasteiger partial charge in [0, 0.05) is 50.2 Å². The zero-order chi connectivity index (χ0) is 30.7. The lowest BCUT2D eigenvalue weighted by Gasteiger charge is -2.47. The molecule has 1 spiro atoms. The fourth-order valence-electron chi connectivity index (χ4n) is 5.89. The second-order valence-electron chi connectivity index (χ2n) is 11.4. The highest BCUT2D eigenvalue weighted by Crippen LogP contribution is 2.32. The number of piperidine rings is 1. The van der Waals surface area contributed by atoms with Crippen molar-refractivity contribution < 1.29 is 24.5 Å². The van der Waals surface area contributed by atoms with Crippen LogP contribution >= 0.6 is 22.7 Å². The SMILES string of the molecule is Cc1nc(C(=O)N2CCOC3(CCN(CCOc4ccc(CNC[C@H](O)c5ccc(O)c6[nH]c(=O)sc56)cc4)CC3)C2)cs1. The molecule has 4 aromatic rings. The maximum absolute atomic E-state index is 12.9. The predicted molar refractivity (Wildman–Crippen MR) is 170 cm³/mol. The summed E-state index contributed by atoms with van der Waals surface area (Å²) in [7, 11) is 0. The Hall–Kier alpha value is -3.33. The molecule has 2 saturated heterocycles. The van der Waals surface area contributed by atoms with Crippen LogP contribution in [0.15, 0.2) is 46.6 Å². The molecule has 234 valence electrons. The van der Waals surface area contributed by atoms with Crippen molar-refractivity contribution in [3.8, 4) is 11.5 Å². The number of thiazole rings is 2. The van der Waals surface area contributed by atoms with Crippen LogP contribution in [0.25, 0.3) is 10.2 Å². The molecule has 4 heterocycles. The van der Waals surface area contributed by atoms with E-state index in [2.05, 4.69) is 20.2 Å². The number of carbonyl (C=O) groups excluding carboxylic acids is 1. The Morgan fingerprint density at radius 2 is 2.00 bits per heavy atom. The third-order valence-corrected chi connectivity index (χ3v) is 10.1. The summed E-state index contributed by atoms with van der Waals surface area (Å²) in [6.07, 6.45) is 0.939. The van der Waals surface area contributed by atoms with Crippen LogP contribution < -0.4 is 14.9 Å². The van der Waals surface area contributed by atoms with Gasteiger partial charge >= 0.3 is 4.87 Å². The number of aromatic hydroxyl groups is 1. The smallest absolute Gasteiger partial charge is 0.305 e. The van der Waals surface area contributed by atoms with Crippen molar-refractivity contribution in [3.63, 3.8) is 0 Å². The topological polar surface area (TPSA) is 140 Å². The molecule has 0 radical (unpaired) electrons. The lowest BCUT2D eigenvalue weighted by Crippen LogP contribution is -2.58. The minimum atomic E-state index is -0.823. The molecule has 0 aliphatic carbocycles. The van der Waals surface area contributed by atoms with Crippen LogP contribution in [0.3, 0.4) is 0 Å². The number of amides is 1. The van der Waals surface area contributed by atoms with Gasteiger partial charge in [-0.05, 0) is 43.5 Å². The molecule has 0 saturated carbocycles.